The summed E-state index contributed by atoms with van der Waals surface area (Å²) >= 11 is 0. The van der Waals surface area contributed by atoms with Gasteiger partial charge >= 0.3 is 5.97 Å². The predicted molar refractivity (Wildman–Crippen MR) is 111 cm³/mol. The Bertz CT molecular complexity index is 858. The molecule has 174 valence electrons. The van der Waals surface area contributed by atoms with Gasteiger partial charge in [-0.25, -0.2) is 4.79 Å². The third-order valence-electron chi connectivity index (χ3n) is 4.93. The molecular weight excluding hydrogens is 422 g/mol. The molecule has 12 nitrogen and oxygen atoms in total. The van der Waals surface area contributed by atoms with E-state index in [0.29, 0.717) is 24.9 Å². The van der Waals surface area contributed by atoms with Crippen molar-refractivity contribution in [3.05, 3.63) is 29.8 Å². The zero-order valence-electron chi connectivity index (χ0n) is 17.4. The number of hydrogen-bond acceptors (Lipinski definition) is 7. The Morgan fingerprint density at radius 3 is 2.34 bits per heavy atom. The number of nitrogens with zero attached hydrogens (tertiary/aromatic N) is 1. The van der Waals surface area contributed by atoms with Gasteiger partial charge in [0, 0.05) is 13.0 Å². The molecule has 4 amide bonds. The number of rotatable bonds is 10. The first kappa shape index (κ1) is 24.6. The van der Waals surface area contributed by atoms with Crippen LogP contribution in [0.1, 0.15) is 18.4 Å². The maximum Gasteiger partial charge on any atom is 0.326 e. The van der Waals surface area contributed by atoms with Crippen molar-refractivity contribution < 1.29 is 34.2 Å². The number of phenolic OH excluding ortho intramolecular Hbond substituents is 1. The Hall–Kier alpha value is -3.67. The number of nitrogens with one attached hydrogen (secondary N) is 3. The fraction of sp³-hybridized carbons (Fsp3) is 0.450. The number of likely N-dealkylation sites (tertiary alicyclic amines) is 1. The number of nitrogens with two attached hydrogens (primary N) is 1. The van der Waals surface area contributed by atoms with Crippen LogP contribution in [0, 0.1) is 0 Å². The summed E-state index contributed by atoms with van der Waals surface area (Å²) in [5.74, 6) is -3.41. The van der Waals surface area contributed by atoms with Crippen molar-refractivity contribution in [2.24, 2.45) is 5.73 Å². The molecule has 0 unspecified atom stereocenters. The molecule has 1 saturated heterocycles. The minimum Gasteiger partial charge on any atom is -0.508 e. The Labute approximate surface area is 184 Å². The number of carboxylic acids is 1. The molecule has 1 heterocycles. The van der Waals surface area contributed by atoms with Gasteiger partial charge in [0.15, 0.2) is 0 Å². The normalized spacial score (nSPS) is 16.2. The van der Waals surface area contributed by atoms with E-state index in [1.807, 2.05) is 0 Å². The summed E-state index contributed by atoms with van der Waals surface area (Å²) in [5, 5.41) is 25.6. The number of carbonyl (C=O) groups excluding carboxylic acids is 4. The van der Waals surface area contributed by atoms with Crippen LogP contribution in [0.4, 0.5) is 0 Å². The van der Waals surface area contributed by atoms with Gasteiger partial charge in [-0.1, -0.05) is 12.1 Å². The van der Waals surface area contributed by atoms with Crippen molar-refractivity contribution in [2.75, 3.05) is 26.2 Å². The highest BCUT2D eigenvalue weighted by Crippen LogP contribution is 2.17. The lowest BCUT2D eigenvalue weighted by molar-refractivity contribution is -0.141. The van der Waals surface area contributed by atoms with Crippen molar-refractivity contribution in [1.29, 1.82) is 0 Å². The van der Waals surface area contributed by atoms with Crippen LogP contribution in [-0.2, 0) is 30.4 Å². The van der Waals surface area contributed by atoms with Crippen LogP contribution in [0.3, 0.4) is 0 Å². The van der Waals surface area contributed by atoms with E-state index in [1.54, 1.807) is 0 Å². The number of carboxylic acid groups (broad SMARTS) is 1. The minimum absolute atomic E-state index is 0.00916. The topological polar surface area (TPSA) is 191 Å². The Morgan fingerprint density at radius 2 is 1.72 bits per heavy atom. The van der Waals surface area contributed by atoms with E-state index < -0.39 is 48.9 Å². The number of aliphatic carboxylic acids is 1. The number of benzene rings is 1. The quantitative estimate of drug-likeness (QED) is 0.229. The summed E-state index contributed by atoms with van der Waals surface area (Å²) in [6, 6.07) is 3.97. The van der Waals surface area contributed by atoms with E-state index in [2.05, 4.69) is 16.0 Å². The summed E-state index contributed by atoms with van der Waals surface area (Å²) in [7, 11) is 0. The van der Waals surface area contributed by atoms with Crippen molar-refractivity contribution in [2.45, 2.75) is 31.3 Å². The molecule has 32 heavy (non-hydrogen) atoms. The van der Waals surface area contributed by atoms with Crippen LogP contribution in [0.15, 0.2) is 24.3 Å². The summed E-state index contributed by atoms with van der Waals surface area (Å²) in [4.78, 5) is 60.8. The van der Waals surface area contributed by atoms with E-state index in [-0.39, 0.29) is 24.6 Å². The molecule has 0 saturated carbocycles. The van der Waals surface area contributed by atoms with E-state index in [4.69, 9.17) is 5.73 Å². The highest BCUT2D eigenvalue weighted by Gasteiger charge is 2.33. The van der Waals surface area contributed by atoms with Gasteiger partial charge in [0.25, 0.3) is 0 Å². The molecule has 2 atom stereocenters. The molecule has 0 aromatic heterocycles. The first-order chi connectivity index (χ1) is 15.2. The van der Waals surface area contributed by atoms with Crippen molar-refractivity contribution >= 4 is 29.6 Å². The molecule has 1 aliphatic rings. The van der Waals surface area contributed by atoms with Gasteiger partial charge in [-0.3, -0.25) is 19.2 Å². The monoisotopic (exact) mass is 449 g/mol. The summed E-state index contributed by atoms with van der Waals surface area (Å²) < 4.78 is 0. The van der Waals surface area contributed by atoms with E-state index in [1.165, 1.54) is 29.2 Å². The van der Waals surface area contributed by atoms with Crippen LogP contribution in [0.25, 0.3) is 0 Å². The Kier molecular flexibility index (Phi) is 8.95. The van der Waals surface area contributed by atoms with Crippen LogP contribution in [0.5, 0.6) is 5.75 Å². The van der Waals surface area contributed by atoms with Crippen molar-refractivity contribution in [3.63, 3.8) is 0 Å². The van der Waals surface area contributed by atoms with Gasteiger partial charge in [-0.2, -0.15) is 0 Å². The second-order valence-corrected chi connectivity index (χ2v) is 7.27. The molecule has 1 aromatic rings. The number of carbonyl (C=O) groups is 5. The molecule has 2 rings (SSSR count). The third-order valence-corrected chi connectivity index (χ3v) is 4.93. The van der Waals surface area contributed by atoms with Gasteiger partial charge in [-0.05, 0) is 30.5 Å². The molecule has 1 aromatic carbocycles. The maximum atomic E-state index is 12.2. The maximum absolute atomic E-state index is 12.2. The summed E-state index contributed by atoms with van der Waals surface area (Å²) in [6.45, 7) is -0.656. The zero-order valence-corrected chi connectivity index (χ0v) is 17.4. The lowest BCUT2D eigenvalue weighted by atomic mass is 10.1. The molecule has 1 fully saturated rings. The number of amides is 4. The lowest BCUT2D eigenvalue weighted by Gasteiger charge is -2.23. The van der Waals surface area contributed by atoms with Crippen LogP contribution >= 0.6 is 0 Å². The first-order valence-electron chi connectivity index (χ1n) is 10.0. The number of aromatic hydroxyl groups is 1. The average Bonchev–Trinajstić information content (AvgIpc) is 3.26. The molecular formula is C20H27N5O7. The van der Waals surface area contributed by atoms with Crippen LogP contribution in [-0.4, -0.2) is 83.0 Å². The molecule has 1 aliphatic heterocycles. The largest absolute Gasteiger partial charge is 0.508 e. The molecule has 7 N–H and O–H groups in total. The predicted octanol–water partition coefficient (Wildman–Crippen LogP) is -2.31. The van der Waals surface area contributed by atoms with E-state index >= 15 is 0 Å². The standard InChI is InChI=1S/C20H27N5O7/c21-9-18(29)25-7-1-2-15(25)19(30)23-10-16(27)22-11-17(28)24-14(20(31)32)8-12-3-5-13(26)6-4-12/h3-6,14-15,26H,1-2,7-11,21H2,(H,22,27)(H,23,30)(H,24,28)(H,31,32)/t14-,15-/m0/s1. The Balaban J connectivity index is 1.76. The fourth-order valence-electron chi connectivity index (χ4n) is 3.29. The highest BCUT2D eigenvalue weighted by molar-refractivity contribution is 5.92. The average molecular weight is 449 g/mol. The second kappa shape index (κ2) is 11.6. The summed E-state index contributed by atoms with van der Waals surface area (Å²) in [6.07, 6.45) is 1.12. The highest BCUT2D eigenvalue weighted by atomic mass is 16.4. The van der Waals surface area contributed by atoms with Gasteiger partial charge in [0.05, 0.1) is 19.6 Å². The Morgan fingerprint density at radius 1 is 1.06 bits per heavy atom. The molecule has 12 heteroatoms. The van der Waals surface area contributed by atoms with Gasteiger partial charge in [0.1, 0.15) is 17.8 Å². The van der Waals surface area contributed by atoms with Gasteiger partial charge in [-0.15, -0.1) is 0 Å². The molecule has 0 bridgehead atoms. The smallest absolute Gasteiger partial charge is 0.326 e. The number of hydrogen-bond donors (Lipinski definition) is 6. The first-order valence-corrected chi connectivity index (χ1v) is 10.0. The summed E-state index contributed by atoms with van der Waals surface area (Å²) in [5.41, 5.74) is 5.93. The van der Waals surface area contributed by atoms with E-state index in [0.717, 1.165) is 0 Å². The molecule has 0 aliphatic carbocycles. The van der Waals surface area contributed by atoms with Gasteiger partial charge < -0.3 is 36.8 Å². The molecule has 0 spiro atoms. The lowest BCUT2D eigenvalue weighted by Crippen LogP contribution is -2.50. The van der Waals surface area contributed by atoms with Crippen LogP contribution < -0.4 is 21.7 Å². The zero-order chi connectivity index (χ0) is 23.7. The molecule has 0 radical (unpaired) electrons. The minimum atomic E-state index is -1.25. The number of phenols is 1. The third kappa shape index (κ3) is 7.23. The fourth-order valence-corrected chi connectivity index (χ4v) is 3.29. The SMILES string of the molecule is NCC(=O)N1CCC[C@H]1C(=O)NCC(=O)NCC(=O)N[C@@H](Cc1ccc(O)cc1)C(=O)O. The van der Waals surface area contributed by atoms with E-state index in [9.17, 15) is 34.2 Å². The van der Waals surface area contributed by atoms with Crippen molar-refractivity contribution in [1.82, 2.24) is 20.9 Å². The second-order valence-electron chi connectivity index (χ2n) is 7.27. The van der Waals surface area contributed by atoms with Crippen LogP contribution in [0.2, 0.25) is 0 Å². The van der Waals surface area contributed by atoms with Gasteiger partial charge in [0.2, 0.25) is 23.6 Å². The van der Waals surface area contributed by atoms with Crippen molar-refractivity contribution in [3.8, 4) is 5.75 Å².